The van der Waals surface area contributed by atoms with Crippen molar-refractivity contribution in [2.45, 2.75) is 33.6 Å². The first kappa shape index (κ1) is 10.9. The summed E-state index contributed by atoms with van der Waals surface area (Å²) in [7, 11) is 0. The zero-order valence-electron chi connectivity index (χ0n) is 9.95. The van der Waals surface area contributed by atoms with E-state index in [4.69, 9.17) is 4.52 Å². The Hall–Kier alpha value is -1.64. The summed E-state index contributed by atoms with van der Waals surface area (Å²) < 4.78 is 4.99. The molecule has 1 aromatic carbocycles. The van der Waals surface area contributed by atoms with Crippen LogP contribution in [0.1, 0.15) is 30.4 Å². The SMILES string of the molecule is CCCc1cc(-c2noc(C)n2)ccc1C. The summed E-state index contributed by atoms with van der Waals surface area (Å²) in [4.78, 5) is 4.23. The number of aromatic nitrogens is 2. The fourth-order valence-corrected chi connectivity index (χ4v) is 1.77. The Kier molecular flexibility index (Phi) is 3.04. The van der Waals surface area contributed by atoms with E-state index in [2.05, 4.69) is 36.1 Å². The van der Waals surface area contributed by atoms with Crippen molar-refractivity contribution in [1.82, 2.24) is 10.1 Å². The molecule has 0 saturated heterocycles. The van der Waals surface area contributed by atoms with Crippen LogP contribution in [0.25, 0.3) is 11.4 Å². The van der Waals surface area contributed by atoms with Crippen LogP contribution in [0.2, 0.25) is 0 Å². The van der Waals surface area contributed by atoms with Crippen molar-refractivity contribution in [2.75, 3.05) is 0 Å². The predicted octanol–water partition coefficient (Wildman–Crippen LogP) is 3.31. The van der Waals surface area contributed by atoms with E-state index in [0.29, 0.717) is 11.7 Å². The normalized spacial score (nSPS) is 10.7. The molecule has 0 saturated carbocycles. The van der Waals surface area contributed by atoms with Gasteiger partial charge in [-0.25, -0.2) is 0 Å². The highest BCUT2D eigenvalue weighted by molar-refractivity contribution is 5.56. The Balaban J connectivity index is 2.39. The van der Waals surface area contributed by atoms with Crippen LogP contribution >= 0.6 is 0 Å². The summed E-state index contributed by atoms with van der Waals surface area (Å²) in [6.45, 7) is 6.12. The highest BCUT2D eigenvalue weighted by Gasteiger charge is 2.07. The van der Waals surface area contributed by atoms with Crippen molar-refractivity contribution in [3.05, 3.63) is 35.2 Å². The number of benzene rings is 1. The van der Waals surface area contributed by atoms with Gasteiger partial charge in [-0.1, -0.05) is 30.6 Å². The van der Waals surface area contributed by atoms with Crippen molar-refractivity contribution < 1.29 is 4.52 Å². The van der Waals surface area contributed by atoms with Gasteiger partial charge in [-0.15, -0.1) is 0 Å². The van der Waals surface area contributed by atoms with Gasteiger partial charge in [-0.2, -0.15) is 4.98 Å². The van der Waals surface area contributed by atoms with Crippen molar-refractivity contribution in [3.8, 4) is 11.4 Å². The molecule has 1 heterocycles. The minimum atomic E-state index is 0.604. The molecule has 0 spiro atoms. The summed E-state index contributed by atoms with van der Waals surface area (Å²) >= 11 is 0. The zero-order chi connectivity index (χ0) is 11.5. The van der Waals surface area contributed by atoms with Crippen LogP contribution < -0.4 is 0 Å². The Bertz CT molecular complexity index is 488. The van der Waals surface area contributed by atoms with Crippen molar-refractivity contribution in [3.63, 3.8) is 0 Å². The Morgan fingerprint density at radius 2 is 2.06 bits per heavy atom. The number of hydrogen-bond donors (Lipinski definition) is 0. The molecule has 16 heavy (non-hydrogen) atoms. The molecular formula is C13H16N2O. The van der Waals surface area contributed by atoms with E-state index in [0.717, 1.165) is 18.4 Å². The first-order valence-corrected chi connectivity index (χ1v) is 5.61. The Morgan fingerprint density at radius 3 is 2.69 bits per heavy atom. The van der Waals surface area contributed by atoms with E-state index in [9.17, 15) is 0 Å². The van der Waals surface area contributed by atoms with E-state index in [1.807, 2.05) is 6.07 Å². The van der Waals surface area contributed by atoms with Gasteiger partial charge in [-0.05, 0) is 30.5 Å². The Morgan fingerprint density at radius 1 is 1.25 bits per heavy atom. The van der Waals surface area contributed by atoms with Crippen LogP contribution in [0.15, 0.2) is 22.7 Å². The average Bonchev–Trinajstić information content (AvgIpc) is 2.69. The second-order valence-corrected chi connectivity index (χ2v) is 4.03. The molecule has 1 aromatic heterocycles. The second-order valence-electron chi connectivity index (χ2n) is 4.03. The lowest BCUT2D eigenvalue weighted by atomic mass is 10.0. The highest BCUT2D eigenvalue weighted by Crippen LogP contribution is 2.20. The molecule has 0 fully saturated rings. The third kappa shape index (κ3) is 2.13. The van der Waals surface area contributed by atoms with Gasteiger partial charge in [0.15, 0.2) is 0 Å². The van der Waals surface area contributed by atoms with Gasteiger partial charge < -0.3 is 4.52 Å². The van der Waals surface area contributed by atoms with Crippen LogP contribution in [0, 0.1) is 13.8 Å². The molecule has 0 unspecified atom stereocenters. The van der Waals surface area contributed by atoms with Gasteiger partial charge in [0.1, 0.15) is 0 Å². The largest absolute Gasteiger partial charge is 0.339 e. The molecule has 3 nitrogen and oxygen atoms in total. The molecule has 0 bridgehead atoms. The predicted molar refractivity (Wildman–Crippen MR) is 63.2 cm³/mol. The van der Waals surface area contributed by atoms with Gasteiger partial charge in [0.2, 0.25) is 11.7 Å². The molecular weight excluding hydrogens is 200 g/mol. The highest BCUT2D eigenvalue weighted by atomic mass is 16.5. The lowest BCUT2D eigenvalue weighted by molar-refractivity contribution is 0.394. The van der Waals surface area contributed by atoms with Crippen molar-refractivity contribution >= 4 is 0 Å². The molecule has 0 aliphatic rings. The fourth-order valence-electron chi connectivity index (χ4n) is 1.77. The lowest BCUT2D eigenvalue weighted by Crippen LogP contribution is -1.90. The van der Waals surface area contributed by atoms with Gasteiger partial charge in [-0.3, -0.25) is 0 Å². The number of rotatable bonds is 3. The third-order valence-corrected chi connectivity index (χ3v) is 2.65. The summed E-state index contributed by atoms with van der Waals surface area (Å²) in [5.41, 5.74) is 3.72. The van der Waals surface area contributed by atoms with Crippen LogP contribution in [0.4, 0.5) is 0 Å². The van der Waals surface area contributed by atoms with Gasteiger partial charge in [0, 0.05) is 12.5 Å². The number of hydrogen-bond acceptors (Lipinski definition) is 3. The smallest absolute Gasteiger partial charge is 0.223 e. The first-order valence-electron chi connectivity index (χ1n) is 5.61. The first-order chi connectivity index (χ1) is 7.70. The van der Waals surface area contributed by atoms with E-state index < -0.39 is 0 Å². The maximum absolute atomic E-state index is 4.99. The average molecular weight is 216 g/mol. The number of aryl methyl sites for hydroxylation is 3. The van der Waals surface area contributed by atoms with Gasteiger partial charge >= 0.3 is 0 Å². The third-order valence-electron chi connectivity index (χ3n) is 2.65. The van der Waals surface area contributed by atoms with E-state index in [1.165, 1.54) is 11.1 Å². The molecule has 2 aromatic rings. The monoisotopic (exact) mass is 216 g/mol. The summed E-state index contributed by atoms with van der Waals surface area (Å²) in [6, 6.07) is 6.31. The molecule has 0 N–H and O–H groups in total. The van der Waals surface area contributed by atoms with E-state index in [1.54, 1.807) is 6.92 Å². The van der Waals surface area contributed by atoms with Crippen molar-refractivity contribution in [1.29, 1.82) is 0 Å². The molecule has 0 aliphatic carbocycles. The zero-order valence-corrected chi connectivity index (χ0v) is 9.95. The second kappa shape index (κ2) is 4.47. The molecule has 0 amide bonds. The molecule has 2 rings (SSSR count). The van der Waals surface area contributed by atoms with Crippen LogP contribution in [-0.4, -0.2) is 10.1 Å². The van der Waals surface area contributed by atoms with Gasteiger partial charge in [0.05, 0.1) is 0 Å². The summed E-state index contributed by atoms with van der Waals surface area (Å²) in [5.74, 6) is 1.28. The van der Waals surface area contributed by atoms with Crippen LogP contribution in [0.3, 0.4) is 0 Å². The van der Waals surface area contributed by atoms with Gasteiger partial charge in [0.25, 0.3) is 0 Å². The minimum absolute atomic E-state index is 0.604. The maximum Gasteiger partial charge on any atom is 0.223 e. The fraction of sp³-hybridized carbons (Fsp3) is 0.385. The molecule has 84 valence electrons. The van der Waals surface area contributed by atoms with E-state index >= 15 is 0 Å². The topological polar surface area (TPSA) is 38.9 Å². The lowest BCUT2D eigenvalue weighted by Gasteiger charge is -2.05. The van der Waals surface area contributed by atoms with E-state index in [-0.39, 0.29) is 0 Å². The van der Waals surface area contributed by atoms with Crippen LogP contribution in [-0.2, 0) is 6.42 Å². The van der Waals surface area contributed by atoms with Crippen molar-refractivity contribution in [2.24, 2.45) is 0 Å². The molecule has 0 aliphatic heterocycles. The maximum atomic E-state index is 4.99. The Labute approximate surface area is 95.5 Å². The van der Waals surface area contributed by atoms with Crippen LogP contribution in [0.5, 0.6) is 0 Å². The summed E-state index contributed by atoms with van der Waals surface area (Å²) in [6.07, 6.45) is 2.24. The molecule has 3 heteroatoms. The number of nitrogens with zero attached hydrogens (tertiary/aromatic N) is 2. The summed E-state index contributed by atoms with van der Waals surface area (Å²) in [5, 5.41) is 3.93. The molecule has 0 radical (unpaired) electrons. The minimum Gasteiger partial charge on any atom is -0.339 e. The standard InChI is InChI=1S/C13H16N2O/c1-4-5-11-8-12(7-6-9(11)2)13-14-10(3)16-15-13/h6-8H,4-5H2,1-3H3. The quantitative estimate of drug-likeness (QED) is 0.790. The molecule has 0 atom stereocenters.